The quantitative estimate of drug-likeness (QED) is 0.327. The Bertz CT molecular complexity index is 278. The Morgan fingerprint density at radius 3 is 2.88 bits per heavy atom. The topological polar surface area (TPSA) is 78.9 Å². The zero-order valence-corrected chi connectivity index (χ0v) is 10.0. The van der Waals surface area contributed by atoms with E-state index in [1.54, 1.807) is 0 Å². The van der Waals surface area contributed by atoms with Crippen molar-refractivity contribution in [3.8, 4) is 0 Å². The average Bonchev–Trinajstić information content (AvgIpc) is 2.29. The fraction of sp³-hybridized carbons (Fsp3) is 0.818. The number of piperidine rings is 1. The van der Waals surface area contributed by atoms with Crippen molar-refractivity contribution < 1.29 is 10.0 Å². The summed E-state index contributed by atoms with van der Waals surface area (Å²) in [4.78, 5) is 14.0. The second-order valence-electron chi connectivity index (χ2n) is 4.52. The molecule has 1 aliphatic heterocycles. The number of oxime groups is 1. The zero-order chi connectivity index (χ0) is 12.1. The van der Waals surface area contributed by atoms with E-state index in [0.717, 1.165) is 19.5 Å². The maximum absolute atomic E-state index is 12.1. The van der Waals surface area contributed by atoms with Gasteiger partial charge >= 0.3 is 0 Å². The molecule has 0 aromatic rings. The van der Waals surface area contributed by atoms with Gasteiger partial charge in [0.1, 0.15) is 0 Å². The van der Waals surface area contributed by atoms with E-state index in [9.17, 15) is 4.79 Å². The van der Waals surface area contributed by atoms with E-state index in [1.807, 2.05) is 11.8 Å². The molecule has 2 atom stereocenters. The Kier molecular flexibility index (Phi) is 4.58. The summed E-state index contributed by atoms with van der Waals surface area (Å²) >= 11 is 0. The van der Waals surface area contributed by atoms with Crippen LogP contribution in [0.25, 0.3) is 0 Å². The molecule has 0 aromatic heterocycles. The van der Waals surface area contributed by atoms with Crippen LogP contribution in [0, 0.1) is 11.8 Å². The lowest BCUT2D eigenvalue weighted by Crippen LogP contribution is -2.45. The van der Waals surface area contributed by atoms with E-state index in [1.165, 1.54) is 6.42 Å². The van der Waals surface area contributed by atoms with Gasteiger partial charge in [0.25, 0.3) is 0 Å². The number of rotatable bonds is 3. The van der Waals surface area contributed by atoms with Crippen LogP contribution in [0.5, 0.6) is 0 Å². The summed E-state index contributed by atoms with van der Waals surface area (Å²) in [5.41, 5.74) is 5.52. The summed E-state index contributed by atoms with van der Waals surface area (Å²) in [6.07, 6.45) is 2.78. The third-order valence-electron chi connectivity index (χ3n) is 3.15. The molecule has 0 aromatic carbocycles. The van der Waals surface area contributed by atoms with Crippen LogP contribution < -0.4 is 5.73 Å². The van der Waals surface area contributed by atoms with Crippen LogP contribution in [-0.4, -0.2) is 34.9 Å². The fourth-order valence-electron chi connectivity index (χ4n) is 2.19. The van der Waals surface area contributed by atoms with Crippen molar-refractivity contribution in [3.63, 3.8) is 0 Å². The maximum Gasteiger partial charge on any atom is 0.233 e. The molecule has 0 saturated carbocycles. The molecule has 1 fully saturated rings. The molecule has 5 heteroatoms. The Morgan fingerprint density at radius 1 is 1.69 bits per heavy atom. The minimum Gasteiger partial charge on any atom is -0.409 e. The van der Waals surface area contributed by atoms with Crippen LogP contribution in [0.3, 0.4) is 0 Å². The standard InChI is InChI=1S/C11H21N3O2/c1-3-9(10(12)13-16)11(15)14-6-4-5-8(2)7-14/h8-9,16H,3-7H2,1-2H3,(H2,12,13). The summed E-state index contributed by atoms with van der Waals surface area (Å²) in [6, 6.07) is 0. The normalized spacial score (nSPS) is 24.2. The highest BCUT2D eigenvalue weighted by molar-refractivity contribution is 6.02. The monoisotopic (exact) mass is 227 g/mol. The molecular weight excluding hydrogens is 206 g/mol. The lowest BCUT2D eigenvalue weighted by Gasteiger charge is -2.33. The van der Waals surface area contributed by atoms with Gasteiger partial charge in [-0.15, -0.1) is 0 Å². The van der Waals surface area contributed by atoms with Gasteiger partial charge in [-0.2, -0.15) is 0 Å². The van der Waals surface area contributed by atoms with Crippen LogP contribution in [0.1, 0.15) is 33.1 Å². The van der Waals surface area contributed by atoms with Crippen LogP contribution >= 0.6 is 0 Å². The van der Waals surface area contributed by atoms with Crippen LogP contribution in [0.2, 0.25) is 0 Å². The third-order valence-corrected chi connectivity index (χ3v) is 3.15. The van der Waals surface area contributed by atoms with Crippen molar-refractivity contribution in [1.29, 1.82) is 0 Å². The number of hydrogen-bond acceptors (Lipinski definition) is 3. The van der Waals surface area contributed by atoms with Crippen LogP contribution in [0.15, 0.2) is 5.16 Å². The van der Waals surface area contributed by atoms with Gasteiger partial charge in [0.2, 0.25) is 5.91 Å². The van der Waals surface area contributed by atoms with E-state index in [-0.39, 0.29) is 11.7 Å². The molecule has 1 saturated heterocycles. The number of amides is 1. The van der Waals surface area contributed by atoms with Gasteiger partial charge in [0.05, 0.1) is 5.92 Å². The van der Waals surface area contributed by atoms with E-state index < -0.39 is 5.92 Å². The van der Waals surface area contributed by atoms with Crippen molar-refractivity contribution in [2.75, 3.05) is 13.1 Å². The van der Waals surface area contributed by atoms with Crippen molar-refractivity contribution in [1.82, 2.24) is 4.90 Å². The molecular formula is C11H21N3O2. The largest absolute Gasteiger partial charge is 0.409 e. The van der Waals surface area contributed by atoms with Gasteiger partial charge < -0.3 is 15.8 Å². The number of amidine groups is 1. The predicted molar refractivity (Wildman–Crippen MR) is 62.2 cm³/mol. The van der Waals surface area contributed by atoms with Crippen LogP contribution in [0.4, 0.5) is 0 Å². The van der Waals surface area contributed by atoms with Gasteiger partial charge in [-0.1, -0.05) is 19.0 Å². The summed E-state index contributed by atoms with van der Waals surface area (Å²) in [6.45, 7) is 5.59. The number of nitrogens with two attached hydrogens (primary N) is 1. The molecule has 92 valence electrons. The van der Waals surface area contributed by atoms with E-state index in [0.29, 0.717) is 12.3 Å². The first kappa shape index (κ1) is 12.8. The SMILES string of the molecule is CCC(C(=O)N1CCCC(C)C1)C(N)=NO. The molecule has 1 rings (SSSR count). The van der Waals surface area contributed by atoms with E-state index in [4.69, 9.17) is 10.9 Å². The lowest BCUT2D eigenvalue weighted by molar-refractivity contribution is -0.135. The highest BCUT2D eigenvalue weighted by Gasteiger charge is 2.28. The summed E-state index contributed by atoms with van der Waals surface area (Å²) in [5, 5.41) is 11.6. The Morgan fingerprint density at radius 2 is 2.38 bits per heavy atom. The summed E-state index contributed by atoms with van der Waals surface area (Å²) < 4.78 is 0. The Balaban J connectivity index is 2.67. The minimum atomic E-state index is -0.477. The lowest BCUT2D eigenvalue weighted by atomic mass is 9.97. The van der Waals surface area contributed by atoms with Crippen LogP contribution in [-0.2, 0) is 4.79 Å². The molecule has 1 amide bonds. The highest BCUT2D eigenvalue weighted by atomic mass is 16.4. The second-order valence-corrected chi connectivity index (χ2v) is 4.52. The number of hydrogen-bond donors (Lipinski definition) is 2. The number of likely N-dealkylation sites (tertiary alicyclic amines) is 1. The number of carbonyl (C=O) groups is 1. The molecule has 1 heterocycles. The van der Waals surface area contributed by atoms with Gasteiger partial charge in [0.15, 0.2) is 5.84 Å². The van der Waals surface area contributed by atoms with Gasteiger partial charge in [-0.3, -0.25) is 4.79 Å². The molecule has 0 spiro atoms. The Labute approximate surface area is 96.3 Å². The van der Waals surface area contributed by atoms with Gasteiger partial charge in [-0.25, -0.2) is 0 Å². The van der Waals surface area contributed by atoms with Crippen molar-refractivity contribution >= 4 is 11.7 Å². The zero-order valence-electron chi connectivity index (χ0n) is 10.0. The average molecular weight is 227 g/mol. The van der Waals surface area contributed by atoms with Gasteiger partial charge in [-0.05, 0) is 25.2 Å². The van der Waals surface area contributed by atoms with Crippen molar-refractivity contribution in [3.05, 3.63) is 0 Å². The smallest absolute Gasteiger partial charge is 0.233 e. The molecule has 2 unspecified atom stereocenters. The summed E-state index contributed by atoms with van der Waals surface area (Å²) in [7, 11) is 0. The van der Waals surface area contributed by atoms with Gasteiger partial charge in [0, 0.05) is 13.1 Å². The van der Waals surface area contributed by atoms with Crippen molar-refractivity contribution in [2.45, 2.75) is 33.1 Å². The first-order chi connectivity index (χ1) is 7.60. The molecule has 16 heavy (non-hydrogen) atoms. The molecule has 0 bridgehead atoms. The predicted octanol–water partition coefficient (Wildman–Crippen LogP) is 1.02. The van der Waals surface area contributed by atoms with E-state index >= 15 is 0 Å². The minimum absolute atomic E-state index is 0.00986. The first-order valence-corrected chi connectivity index (χ1v) is 5.86. The van der Waals surface area contributed by atoms with Crippen molar-refractivity contribution in [2.24, 2.45) is 22.7 Å². The number of nitrogens with zero attached hydrogens (tertiary/aromatic N) is 2. The Hall–Kier alpha value is -1.26. The highest BCUT2D eigenvalue weighted by Crippen LogP contribution is 2.18. The fourth-order valence-corrected chi connectivity index (χ4v) is 2.19. The first-order valence-electron chi connectivity index (χ1n) is 5.86. The molecule has 5 nitrogen and oxygen atoms in total. The summed E-state index contributed by atoms with van der Waals surface area (Å²) in [5.74, 6) is 0.0767. The number of carbonyl (C=O) groups excluding carboxylic acids is 1. The maximum atomic E-state index is 12.1. The molecule has 0 radical (unpaired) electrons. The molecule has 3 N–H and O–H groups in total. The van der Waals surface area contributed by atoms with E-state index in [2.05, 4.69) is 12.1 Å². The third kappa shape index (κ3) is 2.87. The second kappa shape index (κ2) is 5.72. The molecule has 1 aliphatic rings. The molecule has 0 aliphatic carbocycles.